The molecule has 2 aliphatic rings. The molecule has 1 aromatic carbocycles. The molecule has 2 N–H and O–H groups in total. The number of carbonyl (C=O) groups is 1. The zero-order chi connectivity index (χ0) is 13.4. The number of rotatable bonds is 2. The Balaban J connectivity index is 1.78. The summed E-state index contributed by atoms with van der Waals surface area (Å²) >= 11 is 0. The standard InChI is InChI=1S/C15H19FN2O/c1-9-3-2-4-11(7-9)17-14-12-8-10(16)5-6-13(12)18-15(14)19/h5-6,8-9,11,14,17H,2-4,7H2,1H3,(H,18,19). The zero-order valence-corrected chi connectivity index (χ0v) is 11.1. The second kappa shape index (κ2) is 4.93. The molecular formula is C15H19FN2O. The largest absolute Gasteiger partial charge is 0.324 e. The van der Waals surface area contributed by atoms with Crippen molar-refractivity contribution in [1.29, 1.82) is 0 Å². The van der Waals surface area contributed by atoms with Crippen LogP contribution in [0.1, 0.15) is 44.2 Å². The second-order valence-corrected chi connectivity index (χ2v) is 5.79. The highest BCUT2D eigenvalue weighted by Gasteiger charge is 2.33. The maximum Gasteiger partial charge on any atom is 0.246 e. The van der Waals surface area contributed by atoms with Crippen molar-refractivity contribution in [1.82, 2.24) is 5.32 Å². The molecule has 1 aromatic rings. The fraction of sp³-hybridized carbons (Fsp3) is 0.533. The van der Waals surface area contributed by atoms with Gasteiger partial charge in [-0.2, -0.15) is 0 Å². The third-order valence-electron chi connectivity index (χ3n) is 4.18. The number of hydrogen-bond acceptors (Lipinski definition) is 2. The Labute approximate surface area is 112 Å². The van der Waals surface area contributed by atoms with Crippen LogP contribution < -0.4 is 10.6 Å². The Morgan fingerprint density at radius 2 is 2.21 bits per heavy atom. The summed E-state index contributed by atoms with van der Waals surface area (Å²) in [6.07, 6.45) is 4.65. The summed E-state index contributed by atoms with van der Waals surface area (Å²) in [6, 6.07) is 4.42. The molecule has 0 saturated heterocycles. The summed E-state index contributed by atoms with van der Waals surface area (Å²) in [5.41, 5.74) is 1.47. The SMILES string of the molecule is CC1CCCC(NC2C(=O)Nc3ccc(F)cc32)C1. The molecule has 1 fully saturated rings. The van der Waals surface area contributed by atoms with Crippen LogP contribution in [0.2, 0.25) is 0 Å². The van der Waals surface area contributed by atoms with Crippen molar-refractivity contribution >= 4 is 11.6 Å². The first-order valence-corrected chi connectivity index (χ1v) is 7.00. The van der Waals surface area contributed by atoms with E-state index in [2.05, 4.69) is 17.6 Å². The summed E-state index contributed by atoms with van der Waals surface area (Å²) in [6.45, 7) is 2.25. The van der Waals surface area contributed by atoms with Crippen LogP contribution in [0.4, 0.5) is 10.1 Å². The molecule has 19 heavy (non-hydrogen) atoms. The van der Waals surface area contributed by atoms with Crippen molar-refractivity contribution in [3.8, 4) is 0 Å². The van der Waals surface area contributed by atoms with Crippen LogP contribution in [-0.4, -0.2) is 11.9 Å². The van der Waals surface area contributed by atoms with Gasteiger partial charge >= 0.3 is 0 Å². The molecule has 102 valence electrons. The van der Waals surface area contributed by atoms with E-state index < -0.39 is 6.04 Å². The van der Waals surface area contributed by atoms with E-state index in [0.717, 1.165) is 24.1 Å². The van der Waals surface area contributed by atoms with E-state index in [4.69, 9.17) is 0 Å². The van der Waals surface area contributed by atoms with Crippen molar-refractivity contribution in [2.24, 2.45) is 5.92 Å². The molecule has 0 bridgehead atoms. The van der Waals surface area contributed by atoms with Gasteiger partial charge in [-0.25, -0.2) is 4.39 Å². The van der Waals surface area contributed by atoms with Gasteiger partial charge in [-0.3, -0.25) is 10.1 Å². The van der Waals surface area contributed by atoms with E-state index in [0.29, 0.717) is 12.0 Å². The van der Waals surface area contributed by atoms with Gasteiger partial charge in [0.15, 0.2) is 0 Å². The summed E-state index contributed by atoms with van der Waals surface area (Å²) in [5, 5.41) is 6.21. The summed E-state index contributed by atoms with van der Waals surface area (Å²) in [4.78, 5) is 12.0. The first-order chi connectivity index (χ1) is 9.13. The van der Waals surface area contributed by atoms with E-state index in [1.165, 1.54) is 25.0 Å². The number of nitrogens with one attached hydrogen (secondary N) is 2. The molecule has 1 aliphatic heterocycles. The fourth-order valence-electron chi connectivity index (χ4n) is 3.22. The monoisotopic (exact) mass is 262 g/mol. The third-order valence-corrected chi connectivity index (χ3v) is 4.18. The Bertz CT molecular complexity index is 503. The van der Waals surface area contributed by atoms with E-state index in [9.17, 15) is 9.18 Å². The van der Waals surface area contributed by atoms with Gasteiger partial charge in [0.25, 0.3) is 0 Å². The lowest BCUT2D eigenvalue weighted by atomic mass is 9.86. The van der Waals surface area contributed by atoms with Crippen molar-refractivity contribution in [2.45, 2.75) is 44.7 Å². The van der Waals surface area contributed by atoms with E-state index in [-0.39, 0.29) is 11.7 Å². The predicted molar refractivity (Wildman–Crippen MR) is 72.3 cm³/mol. The van der Waals surface area contributed by atoms with Gasteiger partial charge in [-0.05, 0) is 37.0 Å². The van der Waals surface area contributed by atoms with Gasteiger partial charge in [-0.15, -0.1) is 0 Å². The Kier molecular flexibility index (Phi) is 3.27. The minimum absolute atomic E-state index is 0.0705. The summed E-state index contributed by atoms with van der Waals surface area (Å²) in [5.74, 6) is 0.334. The summed E-state index contributed by atoms with van der Waals surface area (Å²) < 4.78 is 13.3. The lowest BCUT2D eigenvalue weighted by Crippen LogP contribution is -2.39. The highest BCUT2D eigenvalue weighted by Crippen LogP contribution is 2.33. The summed E-state index contributed by atoms with van der Waals surface area (Å²) in [7, 11) is 0. The number of amides is 1. The van der Waals surface area contributed by atoms with Gasteiger partial charge in [0.2, 0.25) is 5.91 Å². The number of anilines is 1. The average molecular weight is 262 g/mol. The number of halogens is 1. The van der Waals surface area contributed by atoms with Gasteiger partial charge < -0.3 is 5.32 Å². The third kappa shape index (κ3) is 2.50. The second-order valence-electron chi connectivity index (χ2n) is 5.79. The quantitative estimate of drug-likeness (QED) is 0.860. The minimum atomic E-state index is -0.402. The number of carbonyl (C=O) groups excluding carboxylic acids is 1. The van der Waals surface area contributed by atoms with Crippen LogP contribution in [0, 0.1) is 11.7 Å². The molecule has 1 saturated carbocycles. The Hall–Kier alpha value is -1.42. The predicted octanol–water partition coefficient (Wildman–Crippen LogP) is 2.99. The molecule has 3 atom stereocenters. The smallest absolute Gasteiger partial charge is 0.246 e. The van der Waals surface area contributed by atoms with Gasteiger partial charge in [0, 0.05) is 17.3 Å². The fourth-order valence-corrected chi connectivity index (χ4v) is 3.22. The lowest BCUT2D eigenvalue weighted by molar-refractivity contribution is -0.118. The molecule has 1 aliphatic carbocycles. The molecule has 4 heteroatoms. The van der Waals surface area contributed by atoms with Crippen molar-refractivity contribution in [2.75, 3.05) is 5.32 Å². The van der Waals surface area contributed by atoms with Crippen LogP contribution >= 0.6 is 0 Å². The molecule has 1 amide bonds. The number of fused-ring (bicyclic) bond motifs is 1. The molecule has 3 rings (SSSR count). The zero-order valence-electron chi connectivity index (χ0n) is 11.1. The van der Waals surface area contributed by atoms with Crippen molar-refractivity contribution in [3.05, 3.63) is 29.6 Å². The molecule has 3 nitrogen and oxygen atoms in total. The van der Waals surface area contributed by atoms with Crippen LogP contribution in [0.3, 0.4) is 0 Å². The lowest BCUT2D eigenvalue weighted by Gasteiger charge is -2.29. The topological polar surface area (TPSA) is 41.1 Å². The maximum absolute atomic E-state index is 13.3. The molecule has 0 spiro atoms. The molecular weight excluding hydrogens is 243 g/mol. The van der Waals surface area contributed by atoms with Gasteiger partial charge in [0.05, 0.1) is 0 Å². The van der Waals surface area contributed by atoms with E-state index in [1.807, 2.05) is 0 Å². The van der Waals surface area contributed by atoms with Crippen molar-refractivity contribution < 1.29 is 9.18 Å². The molecule has 0 aromatic heterocycles. The first-order valence-electron chi connectivity index (χ1n) is 7.00. The first kappa shape index (κ1) is 12.6. The van der Waals surface area contributed by atoms with Crippen LogP contribution in [0.25, 0.3) is 0 Å². The van der Waals surface area contributed by atoms with E-state index >= 15 is 0 Å². The number of benzene rings is 1. The Morgan fingerprint density at radius 3 is 3.00 bits per heavy atom. The highest BCUT2D eigenvalue weighted by molar-refractivity contribution is 6.02. The number of hydrogen-bond donors (Lipinski definition) is 2. The Morgan fingerprint density at radius 1 is 1.37 bits per heavy atom. The van der Waals surface area contributed by atoms with Crippen LogP contribution in [0.15, 0.2) is 18.2 Å². The van der Waals surface area contributed by atoms with Crippen LogP contribution in [0.5, 0.6) is 0 Å². The van der Waals surface area contributed by atoms with Gasteiger partial charge in [-0.1, -0.05) is 19.8 Å². The minimum Gasteiger partial charge on any atom is -0.324 e. The molecule has 0 radical (unpaired) electrons. The average Bonchev–Trinajstić information content (AvgIpc) is 2.66. The normalized spacial score (nSPS) is 30.0. The van der Waals surface area contributed by atoms with E-state index in [1.54, 1.807) is 6.07 Å². The van der Waals surface area contributed by atoms with Crippen molar-refractivity contribution in [3.63, 3.8) is 0 Å². The molecule has 3 unspecified atom stereocenters. The maximum atomic E-state index is 13.3. The van der Waals surface area contributed by atoms with Crippen LogP contribution in [-0.2, 0) is 4.79 Å². The van der Waals surface area contributed by atoms with Gasteiger partial charge in [0.1, 0.15) is 11.9 Å². The highest BCUT2D eigenvalue weighted by atomic mass is 19.1. The molecule has 1 heterocycles.